The second kappa shape index (κ2) is 15.8. The van der Waals surface area contributed by atoms with Crippen LogP contribution in [0.5, 0.6) is 0 Å². The molecule has 0 radical (unpaired) electrons. The van der Waals surface area contributed by atoms with Gasteiger partial charge in [0.25, 0.3) is 0 Å². The number of nitrogens with zero attached hydrogens (tertiary/aromatic N) is 3. The molecule has 1 aromatic rings. The number of benzene rings is 1. The molecule has 1 aliphatic rings. The summed E-state index contributed by atoms with van der Waals surface area (Å²) in [6.45, 7) is 15.1. The Hall–Kier alpha value is -2.98. The Morgan fingerprint density at radius 2 is 1.61 bits per heavy atom. The summed E-state index contributed by atoms with van der Waals surface area (Å²) >= 11 is 0. The summed E-state index contributed by atoms with van der Waals surface area (Å²) in [6.07, 6.45) is 2.34. The molecule has 248 valence electrons. The standard InChI is InChI=1S/C34H57N5O5/c1-23(2)26(21-37(9)22-27(40)39-20-16-15-19-25(39)32(43)44-11)38(10)31(42)29(33(3,4)5)36-30(41)28(35-8)34(6,7)24-17-13-12-14-18-24/h12-14,17-18,23,25-26,28-29,35H,15-16,19-22H2,1-11H3,(H,36,41)/t25?,26-,28-,29-/m1/s1. The molecule has 10 nitrogen and oxygen atoms in total. The van der Waals surface area contributed by atoms with Gasteiger partial charge in [0, 0.05) is 31.6 Å². The first-order valence-electron chi connectivity index (χ1n) is 15.8. The third-order valence-electron chi connectivity index (χ3n) is 9.00. The van der Waals surface area contributed by atoms with Gasteiger partial charge >= 0.3 is 5.97 Å². The van der Waals surface area contributed by atoms with Gasteiger partial charge in [-0.2, -0.15) is 0 Å². The Morgan fingerprint density at radius 3 is 2.14 bits per heavy atom. The number of likely N-dealkylation sites (tertiary alicyclic amines) is 1. The number of methoxy groups -OCH3 is 1. The molecule has 1 fully saturated rings. The molecule has 1 aromatic carbocycles. The second-order valence-corrected chi connectivity index (χ2v) is 14.2. The predicted octanol–water partition coefficient (Wildman–Crippen LogP) is 3.05. The van der Waals surface area contributed by atoms with E-state index >= 15 is 0 Å². The van der Waals surface area contributed by atoms with E-state index in [4.69, 9.17) is 4.74 Å². The third-order valence-corrected chi connectivity index (χ3v) is 9.00. The van der Waals surface area contributed by atoms with Crippen LogP contribution in [0.3, 0.4) is 0 Å². The minimum atomic E-state index is -0.773. The highest BCUT2D eigenvalue weighted by atomic mass is 16.5. The lowest BCUT2D eigenvalue weighted by atomic mass is 9.76. The number of piperidine rings is 1. The first-order chi connectivity index (χ1) is 20.5. The number of carbonyl (C=O) groups excluding carboxylic acids is 4. The number of rotatable bonds is 13. The topological polar surface area (TPSA) is 111 Å². The van der Waals surface area contributed by atoms with E-state index in [1.165, 1.54) is 7.11 Å². The zero-order chi connectivity index (χ0) is 33.4. The summed E-state index contributed by atoms with van der Waals surface area (Å²) in [5.41, 5.74) is -0.0734. The SMILES string of the molecule is CN[C@H](C(=O)N[C@H](C(=O)N(C)[C@H](CN(C)CC(=O)N1CCCCC1C(=O)OC)C(C)C)C(C)(C)C)C(C)(C)c1ccccc1. The Balaban J connectivity index is 2.21. The average Bonchev–Trinajstić information content (AvgIpc) is 2.97. The van der Waals surface area contributed by atoms with Crippen LogP contribution in [-0.2, 0) is 29.3 Å². The van der Waals surface area contributed by atoms with Gasteiger partial charge in [0.2, 0.25) is 17.7 Å². The van der Waals surface area contributed by atoms with Gasteiger partial charge in [-0.1, -0.05) is 78.8 Å². The number of nitrogens with one attached hydrogen (secondary N) is 2. The smallest absolute Gasteiger partial charge is 0.328 e. The van der Waals surface area contributed by atoms with E-state index in [0.29, 0.717) is 19.5 Å². The molecule has 10 heteroatoms. The lowest BCUT2D eigenvalue weighted by Crippen LogP contribution is -2.62. The Kier molecular flexibility index (Phi) is 13.4. The van der Waals surface area contributed by atoms with Gasteiger partial charge < -0.3 is 25.2 Å². The van der Waals surface area contributed by atoms with Crippen molar-refractivity contribution >= 4 is 23.7 Å². The van der Waals surface area contributed by atoms with Crippen LogP contribution >= 0.6 is 0 Å². The summed E-state index contributed by atoms with van der Waals surface area (Å²) in [7, 11) is 6.74. The lowest BCUT2D eigenvalue weighted by molar-refractivity contribution is -0.155. The van der Waals surface area contributed by atoms with Crippen LogP contribution in [-0.4, -0.2) is 110 Å². The van der Waals surface area contributed by atoms with Crippen LogP contribution in [0.2, 0.25) is 0 Å². The van der Waals surface area contributed by atoms with Crippen LogP contribution in [0.15, 0.2) is 30.3 Å². The van der Waals surface area contributed by atoms with Crippen molar-refractivity contribution in [3.05, 3.63) is 35.9 Å². The van der Waals surface area contributed by atoms with Crippen molar-refractivity contribution in [3.63, 3.8) is 0 Å². The van der Waals surface area contributed by atoms with Crippen molar-refractivity contribution in [2.24, 2.45) is 11.3 Å². The fraction of sp³-hybridized carbons (Fsp3) is 0.706. The molecule has 0 aromatic heterocycles. The molecule has 1 aliphatic heterocycles. The summed E-state index contributed by atoms with van der Waals surface area (Å²) in [5, 5.41) is 6.28. The first kappa shape index (κ1) is 37.2. The average molecular weight is 616 g/mol. The van der Waals surface area contributed by atoms with E-state index < -0.39 is 29.0 Å². The molecule has 1 heterocycles. The second-order valence-electron chi connectivity index (χ2n) is 14.2. The highest BCUT2D eigenvalue weighted by molar-refractivity contribution is 5.91. The number of amides is 3. The molecule has 1 unspecified atom stereocenters. The van der Waals surface area contributed by atoms with E-state index in [-0.39, 0.29) is 42.2 Å². The van der Waals surface area contributed by atoms with Gasteiger partial charge in [0.05, 0.1) is 19.7 Å². The van der Waals surface area contributed by atoms with Crippen molar-refractivity contribution in [1.82, 2.24) is 25.3 Å². The molecular formula is C34H57N5O5. The maximum Gasteiger partial charge on any atom is 0.328 e. The number of hydrogen-bond donors (Lipinski definition) is 2. The first-order valence-corrected chi connectivity index (χ1v) is 15.8. The van der Waals surface area contributed by atoms with Gasteiger partial charge in [-0.05, 0) is 50.3 Å². The fourth-order valence-corrected chi connectivity index (χ4v) is 6.19. The zero-order valence-corrected chi connectivity index (χ0v) is 28.9. The molecule has 2 N–H and O–H groups in total. The molecule has 4 atom stereocenters. The van der Waals surface area contributed by atoms with Gasteiger partial charge in [-0.3, -0.25) is 19.3 Å². The fourth-order valence-electron chi connectivity index (χ4n) is 6.19. The van der Waals surface area contributed by atoms with Crippen molar-refractivity contribution in [2.45, 2.75) is 97.3 Å². The van der Waals surface area contributed by atoms with Crippen molar-refractivity contribution in [1.29, 1.82) is 0 Å². The maximum atomic E-state index is 14.1. The molecule has 0 bridgehead atoms. The monoisotopic (exact) mass is 615 g/mol. The normalized spacial score (nSPS) is 18.0. The van der Waals surface area contributed by atoms with Crippen molar-refractivity contribution in [3.8, 4) is 0 Å². The van der Waals surface area contributed by atoms with Gasteiger partial charge in [-0.15, -0.1) is 0 Å². The number of likely N-dealkylation sites (N-methyl/N-ethyl adjacent to an activating group) is 3. The van der Waals surface area contributed by atoms with E-state index in [0.717, 1.165) is 18.4 Å². The molecule has 0 spiro atoms. The lowest BCUT2D eigenvalue weighted by Gasteiger charge is -2.41. The Morgan fingerprint density at radius 1 is 1.00 bits per heavy atom. The molecule has 2 rings (SSSR count). The number of hydrogen-bond acceptors (Lipinski definition) is 7. The predicted molar refractivity (Wildman–Crippen MR) is 174 cm³/mol. The van der Waals surface area contributed by atoms with Crippen molar-refractivity contribution < 1.29 is 23.9 Å². The van der Waals surface area contributed by atoms with Gasteiger partial charge in [0.15, 0.2) is 0 Å². The highest BCUT2D eigenvalue weighted by Crippen LogP contribution is 2.29. The Labute approximate surface area is 265 Å². The minimum absolute atomic E-state index is 0.0812. The van der Waals surface area contributed by atoms with Crippen LogP contribution in [0.4, 0.5) is 0 Å². The third kappa shape index (κ3) is 9.27. The number of ether oxygens (including phenoxy) is 1. The molecule has 0 saturated carbocycles. The largest absolute Gasteiger partial charge is 0.467 e. The quantitative estimate of drug-likeness (QED) is 0.328. The van der Waals surface area contributed by atoms with Crippen LogP contribution < -0.4 is 10.6 Å². The summed E-state index contributed by atoms with van der Waals surface area (Å²) in [6, 6.07) is 7.76. The van der Waals surface area contributed by atoms with Crippen LogP contribution in [0, 0.1) is 11.3 Å². The molecular weight excluding hydrogens is 558 g/mol. The van der Waals surface area contributed by atoms with Crippen LogP contribution in [0.1, 0.15) is 73.3 Å². The van der Waals surface area contributed by atoms with E-state index in [9.17, 15) is 19.2 Å². The van der Waals surface area contributed by atoms with E-state index in [1.54, 1.807) is 23.9 Å². The molecule has 1 saturated heterocycles. The maximum absolute atomic E-state index is 14.1. The number of carbonyl (C=O) groups is 4. The van der Waals surface area contributed by atoms with Gasteiger partial charge in [0.1, 0.15) is 12.1 Å². The molecule has 3 amide bonds. The Bertz CT molecular complexity index is 1120. The van der Waals surface area contributed by atoms with Crippen molar-refractivity contribution in [2.75, 3.05) is 47.9 Å². The molecule has 0 aliphatic carbocycles. The summed E-state index contributed by atoms with van der Waals surface area (Å²) < 4.78 is 4.94. The zero-order valence-electron chi connectivity index (χ0n) is 28.9. The number of esters is 1. The molecule has 44 heavy (non-hydrogen) atoms. The minimum Gasteiger partial charge on any atom is -0.467 e. The summed E-state index contributed by atoms with van der Waals surface area (Å²) in [4.78, 5) is 58.8. The van der Waals surface area contributed by atoms with Crippen LogP contribution in [0.25, 0.3) is 0 Å². The summed E-state index contributed by atoms with van der Waals surface area (Å²) in [5.74, 6) is -0.850. The van der Waals surface area contributed by atoms with Gasteiger partial charge in [-0.25, -0.2) is 4.79 Å². The highest BCUT2D eigenvalue weighted by Gasteiger charge is 2.42. The van der Waals surface area contributed by atoms with E-state index in [2.05, 4.69) is 10.6 Å². The van der Waals surface area contributed by atoms with E-state index in [1.807, 2.05) is 90.7 Å².